The SMILES string of the molecule is CN(C)C=NN1CCOCC1. The molecule has 0 spiro atoms. The van der Waals surface area contributed by atoms with E-state index < -0.39 is 0 Å². The van der Waals surface area contributed by atoms with Gasteiger partial charge in [-0.05, 0) is 0 Å². The molecule has 0 radical (unpaired) electrons. The minimum atomic E-state index is 0.796. The van der Waals surface area contributed by atoms with Crippen LogP contribution in [0.15, 0.2) is 5.10 Å². The van der Waals surface area contributed by atoms with Gasteiger partial charge < -0.3 is 9.64 Å². The summed E-state index contributed by atoms with van der Waals surface area (Å²) < 4.78 is 5.18. The van der Waals surface area contributed by atoms with E-state index in [-0.39, 0.29) is 0 Å². The minimum Gasteiger partial charge on any atom is -0.378 e. The lowest BCUT2D eigenvalue weighted by Crippen LogP contribution is -2.33. The van der Waals surface area contributed by atoms with E-state index in [9.17, 15) is 0 Å². The predicted molar refractivity (Wildman–Crippen MR) is 44.6 cm³/mol. The van der Waals surface area contributed by atoms with Crippen LogP contribution in [0.1, 0.15) is 0 Å². The van der Waals surface area contributed by atoms with Gasteiger partial charge in [0.2, 0.25) is 0 Å². The Labute approximate surface area is 67.4 Å². The van der Waals surface area contributed by atoms with Crippen LogP contribution < -0.4 is 0 Å². The van der Waals surface area contributed by atoms with E-state index in [4.69, 9.17) is 4.74 Å². The van der Waals surface area contributed by atoms with Gasteiger partial charge in [0.25, 0.3) is 0 Å². The van der Waals surface area contributed by atoms with Crippen molar-refractivity contribution in [3.63, 3.8) is 0 Å². The molecule has 0 bridgehead atoms. The highest BCUT2D eigenvalue weighted by Gasteiger charge is 2.05. The maximum absolute atomic E-state index is 5.18. The molecule has 11 heavy (non-hydrogen) atoms. The number of hydrogen-bond acceptors (Lipinski definition) is 3. The zero-order valence-corrected chi connectivity index (χ0v) is 7.16. The third-order valence-corrected chi connectivity index (χ3v) is 1.43. The first-order valence-electron chi connectivity index (χ1n) is 3.82. The summed E-state index contributed by atoms with van der Waals surface area (Å²) in [7, 11) is 3.92. The zero-order chi connectivity index (χ0) is 8.10. The number of rotatable bonds is 2. The van der Waals surface area contributed by atoms with Gasteiger partial charge in [-0.3, -0.25) is 5.01 Å². The quantitative estimate of drug-likeness (QED) is 0.411. The second-order valence-corrected chi connectivity index (χ2v) is 2.76. The van der Waals surface area contributed by atoms with Crippen LogP contribution in [-0.2, 0) is 4.74 Å². The minimum absolute atomic E-state index is 0.796. The molecule has 1 rings (SSSR count). The van der Waals surface area contributed by atoms with E-state index in [0.717, 1.165) is 26.3 Å². The van der Waals surface area contributed by atoms with Gasteiger partial charge in [-0.2, -0.15) is 5.10 Å². The van der Waals surface area contributed by atoms with Crippen LogP contribution in [-0.4, -0.2) is 56.6 Å². The Balaban J connectivity index is 2.23. The van der Waals surface area contributed by atoms with Gasteiger partial charge in [-0.15, -0.1) is 0 Å². The van der Waals surface area contributed by atoms with Crippen molar-refractivity contribution in [3.8, 4) is 0 Å². The summed E-state index contributed by atoms with van der Waals surface area (Å²) in [4.78, 5) is 1.93. The summed E-state index contributed by atoms with van der Waals surface area (Å²) >= 11 is 0. The average molecular weight is 157 g/mol. The van der Waals surface area contributed by atoms with Crippen molar-refractivity contribution >= 4 is 6.34 Å². The largest absolute Gasteiger partial charge is 0.378 e. The van der Waals surface area contributed by atoms with Crippen LogP contribution in [0, 0.1) is 0 Å². The number of ether oxygens (including phenoxy) is 1. The van der Waals surface area contributed by atoms with Gasteiger partial charge in [0.15, 0.2) is 0 Å². The molecule has 1 heterocycles. The first-order chi connectivity index (χ1) is 5.29. The first-order valence-corrected chi connectivity index (χ1v) is 3.82. The second kappa shape index (κ2) is 4.18. The molecule has 0 aliphatic carbocycles. The molecular weight excluding hydrogens is 142 g/mol. The molecule has 0 amide bonds. The van der Waals surface area contributed by atoms with Crippen molar-refractivity contribution in [2.45, 2.75) is 0 Å². The van der Waals surface area contributed by atoms with E-state index in [1.165, 1.54) is 0 Å². The Hall–Kier alpha value is -0.770. The van der Waals surface area contributed by atoms with Gasteiger partial charge in [0.05, 0.1) is 26.3 Å². The standard InChI is InChI=1S/C7H15N3O/c1-9(2)7-8-10-3-5-11-6-4-10/h7H,3-6H2,1-2H3. The summed E-state index contributed by atoms with van der Waals surface area (Å²) in [5.74, 6) is 0. The number of hydrogen-bond donors (Lipinski definition) is 0. The van der Waals surface area contributed by atoms with Crippen molar-refractivity contribution < 1.29 is 4.74 Å². The molecule has 1 aliphatic rings. The van der Waals surface area contributed by atoms with Gasteiger partial charge in [-0.1, -0.05) is 0 Å². The number of hydrazone groups is 1. The van der Waals surface area contributed by atoms with Crippen molar-refractivity contribution in [2.24, 2.45) is 5.10 Å². The van der Waals surface area contributed by atoms with Crippen LogP contribution in [0.3, 0.4) is 0 Å². The van der Waals surface area contributed by atoms with E-state index >= 15 is 0 Å². The Morgan fingerprint density at radius 1 is 1.36 bits per heavy atom. The fourth-order valence-electron chi connectivity index (χ4n) is 0.845. The summed E-state index contributed by atoms with van der Waals surface area (Å²) in [5, 5.41) is 6.25. The summed E-state index contributed by atoms with van der Waals surface area (Å²) in [5.41, 5.74) is 0. The van der Waals surface area contributed by atoms with E-state index in [1.54, 1.807) is 0 Å². The highest BCUT2D eigenvalue weighted by molar-refractivity contribution is 5.53. The Morgan fingerprint density at radius 2 is 2.00 bits per heavy atom. The Morgan fingerprint density at radius 3 is 2.55 bits per heavy atom. The molecule has 0 N–H and O–H groups in total. The van der Waals surface area contributed by atoms with Gasteiger partial charge in [0.1, 0.15) is 6.34 Å². The molecule has 0 aromatic heterocycles. The molecule has 0 saturated carbocycles. The predicted octanol–water partition coefficient (Wildman–Crippen LogP) is -0.177. The second-order valence-electron chi connectivity index (χ2n) is 2.76. The van der Waals surface area contributed by atoms with E-state index in [2.05, 4.69) is 5.10 Å². The molecule has 0 aromatic rings. The third kappa shape index (κ3) is 3.23. The van der Waals surface area contributed by atoms with Crippen LogP contribution >= 0.6 is 0 Å². The maximum atomic E-state index is 5.18. The topological polar surface area (TPSA) is 28.1 Å². The number of morpholine rings is 1. The fraction of sp³-hybridized carbons (Fsp3) is 0.857. The fourth-order valence-corrected chi connectivity index (χ4v) is 0.845. The van der Waals surface area contributed by atoms with Crippen LogP contribution in [0.2, 0.25) is 0 Å². The molecule has 0 atom stereocenters. The van der Waals surface area contributed by atoms with Gasteiger partial charge in [-0.25, -0.2) is 0 Å². The van der Waals surface area contributed by atoms with Crippen molar-refractivity contribution in [3.05, 3.63) is 0 Å². The zero-order valence-electron chi connectivity index (χ0n) is 7.16. The molecule has 1 aliphatic heterocycles. The lowest BCUT2D eigenvalue weighted by Gasteiger charge is -2.23. The van der Waals surface area contributed by atoms with Crippen LogP contribution in [0.4, 0.5) is 0 Å². The molecule has 0 unspecified atom stereocenters. The Kier molecular flexibility index (Phi) is 3.16. The molecule has 4 heteroatoms. The van der Waals surface area contributed by atoms with Crippen LogP contribution in [0.25, 0.3) is 0 Å². The normalized spacial score (nSPS) is 19.3. The molecule has 4 nitrogen and oxygen atoms in total. The molecular formula is C7H15N3O. The smallest absolute Gasteiger partial charge is 0.110 e. The Bertz CT molecular complexity index is 130. The molecule has 64 valence electrons. The lowest BCUT2D eigenvalue weighted by atomic mass is 10.5. The van der Waals surface area contributed by atoms with Crippen molar-refractivity contribution in [2.75, 3.05) is 40.4 Å². The highest BCUT2D eigenvalue weighted by Crippen LogP contribution is 1.95. The van der Waals surface area contributed by atoms with E-state index in [0.29, 0.717) is 0 Å². The van der Waals surface area contributed by atoms with Gasteiger partial charge >= 0.3 is 0 Å². The highest BCUT2D eigenvalue weighted by atomic mass is 16.5. The molecule has 1 saturated heterocycles. The molecule has 1 fully saturated rings. The van der Waals surface area contributed by atoms with E-state index in [1.807, 2.05) is 30.3 Å². The molecule has 0 aromatic carbocycles. The third-order valence-electron chi connectivity index (χ3n) is 1.43. The summed E-state index contributed by atoms with van der Waals surface area (Å²) in [6.45, 7) is 3.41. The number of nitrogens with zero attached hydrogens (tertiary/aromatic N) is 3. The van der Waals surface area contributed by atoms with Gasteiger partial charge in [0, 0.05) is 14.1 Å². The maximum Gasteiger partial charge on any atom is 0.110 e. The first kappa shape index (κ1) is 8.33. The monoisotopic (exact) mass is 157 g/mol. The van der Waals surface area contributed by atoms with Crippen molar-refractivity contribution in [1.29, 1.82) is 0 Å². The van der Waals surface area contributed by atoms with Crippen LogP contribution in [0.5, 0.6) is 0 Å². The average Bonchev–Trinajstić information content (AvgIpc) is 2.03. The summed E-state index contributed by atoms with van der Waals surface area (Å²) in [6, 6.07) is 0. The van der Waals surface area contributed by atoms with Crippen molar-refractivity contribution in [1.82, 2.24) is 9.91 Å². The lowest BCUT2D eigenvalue weighted by molar-refractivity contribution is 0.0392. The summed E-state index contributed by atoms with van der Waals surface area (Å²) in [6.07, 6.45) is 1.81.